The van der Waals surface area contributed by atoms with E-state index in [9.17, 15) is 4.79 Å². The van der Waals surface area contributed by atoms with Crippen LogP contribution < -0.4 is 5.32 Å². The third kappa shape index (κ3) is 2.86. The van der Waals surface area contributed by atoms with Crippen molar-refractivity contribution >= 4 is 11.6 Å². The van der Waals surface area contributed by atoms with Gasteiger partial charge in [0.2, 0.25) is 0 Å². The van der Waals surface area contributed by atoms with E-state index in [0.29, 0.717) is 5.56 Å². The summed E-state index contributed by atoms with van der Waals surface area (Å²) in [5.41, 5.74) is 2.49. The van der Waals surface area contributed by atoms with Gasteiger partial charge in [-0.2, -0.15) is 0 Å². The fraction of sp³-hybridized carbons (Fsp3) is 0.0625. The first-order valence-corrected chi connectivity index (χ1v) is 5.89. The Hall–Kier alpha value is -2.35. The molecule has 0 radical (unpaired) electrons. The van der Waals surface area contributed by atoms with E-state index >= 15 is 0 Å². The molecule has 0 aromatic heterocycles. The number of carbonyl (C=O) groups excluding carboxylic acids is 1. The Bertz CT molecular complexity index is 544. The van der Waals surface area contributed by atoms with Crippen LogP contribution in [-0.2, 0) is 0 Å². The van der Waals surface area contributed by atoms with Crippen LogP contribution in [0.3, 0.4) is 0 Å². The van der Waals surface area contributed by atoms with Gasteiger partial charge < -0.3 is 5.32 Å². The molecule has 0 atom stereocenters. The molecule has 1 N–H and O–H groups in total. The Labute approximate surface area is 107 Å². The average molecular weight is 237 g/mol. The van der Waals surface area contributed by atoms with Crippen LogP contribution in [0.25, 0.3) is 5.70 Å². The third-order valence-corrected chi connectivity index (χ3v) is 2.66. The molecular formula is C16H15NO. The van der Waals surface area contributed by atoms with Crippen molar-refractivity contribution in [3.05, 3.63) is 77.9 Å². The lowest BCUT2D eigenvalue weighted by Crippen LogP contribution is -2.21. The first kappa shape index (κ1) is 12.1. The quantitative estimate of drug-likeness (QED) is 0.870. The lowest BCUT2D eigenvalue weighted by molar-refractivity contribution is 0.0973. The molecule has 0 aliphatic carbocycles. The van der Waals surface area contributed by atoms with Crippen LogP contribution in [0.5, 0.6) is 0 Å². The van der Waals surface area contributed by atoms with Crippen LogP contribution in [0.1, 0.15) is 22.8 Å². The zero-order chi connectivity index (χ0) is 12.8. The maximum Gasteiger partial charge on any atom is 0.255 e. The van der Waals surface area contributed by atoms with Gasteiger partial charge in [-0.05, 0) is 24.6 Å². The lowest BCUT2D eigenvalue weighted by atomic mass is 10.1. The second-order valence-corrected chi connectivity index (χ2v) is 3.89. The van der Waals surface area contributed by atoms with E-state index in [1.807, 2.05) is 61.5 Å². The van der Waals surface area contributed by atoms with Crippen molar-refractivity contribution in [2.75, 3.05) is 0 Å². The Morgan fingerprint density at radius 1 is 0.889 bits per heavy atom. The molecule has 0 heterocycles. The van der Waals surface area contributed by atoms with Crippen molar-refractivity contribution in [1.29, 1.82) is 0 Å². The van der Waals surface area contributed by atoms with Gasteiger partial charge in [0.25, 0.3) is 5.91 Å². The van der Waals surface area contributed by atoms with Crippen molar-refractivity contribution in [2.45, 2.75) is 6.92 Å². The monoisotopic (exact) mass is 237 g/mol. The topological polar surface area (TPSA) is 29.1 Å². The number of benzene rings is 2. The molecule has 2 nitrogen and oxygen atoms in total. The predicted molar refractivity (Wildman–Crippen MR) is 74.0 cm³/mol. The molecule has 2 aromatic rings. The molecule has 0 bridgehead atoms. The summed E-state index contributed by atoms with van der Waals surface area (Å²) in [4.78, 5) is 12.0. The summed E-state index contributed by atoms with van der Waals surface area (Å²) in [6, 6.07) is 19.0. The fourth-order valence-corrected chi connectivity index (χ4v) is 1.71. The van der Waals surface area contributed by atoms with E-state index in [1.54, 1.807) is 12.1 Å². The van der Waals surface area contributed by atoms with Gasteiger partial charge >= 0.3 is 0 Å². The van der Waals surface area contributed by atoms with Gasteiger partial charge in [-0.15, -0.1) is 0 Å². The summed E-state index contributed by atoms with van der Waals surface area (Å²) in [5, 5.41) is 2.92. The molecule has 0 spiro atoms. The Kier molecular flexibility index (Phi) is 3.92. The minimum Gasteiger partial charge on any atom is -0.322 e. The maximum atomic E-state index is 12.0. The van der Waals surface area contributed by atoms with E-state index in [1.165, 1.54) is 0 Å². The molecule has 2 aromatic carbocycles. The number of amides is 1. The van der Waals surface area contributed by atoms with Gasteiger partial charge in [0.1, 0.15) is 0 Å². The van der Waals surface area contributed by atoms with Crippen LogP contribution in [0.15, 0.2) is 66.7 Å². The number of rotatable bonds is 3. The largest absolute Gasteiger partial charge is 0.322 e. The van der Waals surface area contributed by atoms with E-state index in [2.05, 4.69) is 5.32 Å². The Balaban J connectivity index is 2.16. The van der Waals surface area contributed by atoms with E-state index in [4.69, 9.17) is 0 Å². The van der Waals surface area contributed by atoms with Crippen LogP contribution >= 0.6 is 0 Å². The zero-order valence-electron chi connectivity index (χ0n) is 10.3. The number of hydrogen-bond donors (Lipinski definition) is 1. The molecule has 18 heavy (non-hydrogen) atoms. The van der Waals surface area contributed by atoms with Crippen LogP contribution in [0.2, 0.25) is 0 Å². The molecule has 0 unspecified atom stereocenters. The van der Waals surface area contributed by atoms with Crippen molar-refractivity contribution in [1.82, 2.24) is 5.32 Å². The first-order chi connectivity index (χ1) is 8.81. The standard InChI is InChI=1S/C16H15NO/c1-2-15(13-9-5-3-6-10-13)17-16(18)14-11-7-4-8-12-14/h2-12H,1H3,(H,17,18)/b15-2+. The third-order valence-electron chi connectivity index (χ3n) is 2.66. The number of hydrogen-bond acceptors (Lipinski definition) is 1. The van der Waals surface area contributed by atoms with Crippen LogP contribution in [0.4, 0.5) is 0 Å². The summed E-state index contributed by atoms with van der Waals surface area (Å²) in [5.74, 6) is -0.0902. The van der Waals surface area contributed by atoms with Crippen molar-refractivity contribution in [3.8, 4) is 0 Å². The van der Waals surface area contributed by atoms with Crippen LogP contribution in [0, 0.1) is 0 Å². The first-order valence-electron chi connectivity index (χ1n) is 5.89. The van der Waals surface area contributed by atoms with Crippen molar-refractivity contribution in [2.24, 2.45) is 0 Å². The molecule has 2 heteroatoms. The molecule has 90 valence electrons. The summed E-state index contributed by atoms with van der Waals surface area (Å²) in [6.45, 7) is 1.91. The molecule has 2 rings (SSSR count). The highest BCUT2D eigenvalue weighted by Crippen LogP contribution is 2.11. The van der Waals surface area contributed by atoms with Gasteiger partial charge in [0, 0.05) is 11.3 Å². The van der Waals surface area contributed by atoms with Crippen molar-refractivity contribution in [3.63, 3.8) is 0 Å². The van der Waals surface area contributed by atoms with E-state index < -0.39 is 0 Å². The molecular weight excluding hydrogens is 222 g/mol. The van der Waals surface area contributed by atoms with Gasteiger partial charge in [0.15, 0.2) is 0 Å². The normalized spacial score (nSPS) is 11.1. The van der Waals surface area contributed by atoms with Gasteiger partial charge in [-0.25, -0.2) is 0 Å². The smallest absolute Gasteiger partial charge is 0.255 e. The summed E-state index contributed by atoms with van der Waals surface area (Å²) in [6.07, 6.45) is 1.90. The van der Waals surface area contributed by atoms with Crippen LogP contribution in [-0.4, -0.2) is 5.91 Å². The zero-order valence-corrected chi connectivity index (χ0v) is 10.3. The van der Waals surface area contributed by atoms with E-state index in [-0.39, 0.29) is 5.91 Å². The summed E-state index contributed by atoms with van der Waals surface area (Å²) >= 11 is 0. The van der Waals surface area contributed by atoms with Gasteiger partial charge in [0.05, 0.1) is 0 Å². The highest BCUT2D eigenvalue weighted by Gasteiger charge is 2.07. The second-order valence-electron chi connectivity index (χ2n) is 3.89. The highest BCUT2D eigenvalue weighted by atomic mass is 16.1. The van der Waals surface area contributed by atoms with Crippen molar-refractivity contribution < 1.29 is 4.79 Å². The average Bonchev–Trinajstić information content (AvgIpc) is 2.46. The minimum atomic E-state index is -0.0902. The summed E-state index contributed by atoms with van der Waals surface area (Å²) in [7, 11) is 0. The molecule has 0 aliphatic heterocycles. The molecule has 0 saturated carbocycles. The highest BCUT2D eigenvalue weighted by molar-refractivity contribution is 5.99. The second kappa shape index (κ2) is 5.82. The molecule has 0 aliphatic rings. The number of allylic oxidation sites excluding steroid dienone is 1. The maximum absolute atomic E-state index is 12.0. The SMILES string of the molecule is C/C=C(/NC(=O)c1ccccc1)c1ccccc1. The molecule has 0 fully saturated rings. The van der Waals surface area contributed by atoms with E-state index in [0.717, 1.165) is 11.3 Å². The fourth-order valence-electron chi connectivity index (χ4n) is 1.71. The Morgan fingerprint density at radius 2 is 1.39 bits per heavy atom. The Morgan fingerprint density at radius 3 is 1.89 bits per heavy atom. The lowest BCUT2D eigenvalue weighted by Gasteiger charge is -2.09. The number of carbonyl (C=O) groups is 1. The predicted octanol–water partition coefficient (Wildman–Crippen LogP) is 3.48. The van der Waals surface area contributed by atoms with Gasteiger partial charge in [-0.3, -0.25) is 4.79 Å². The minimum absolute atomic E-state index is 0.0902. The van der Waals surface area contributed by atoms with Gasteiger partial charge in [-0.1, -0.05) is 54.6 Å². The molecule has 0 saturated heterocycles. The summed E-state index contributed by atoms with van der Waals surface area (Å²) < 4.78 is 0. The molecule has 1 amide bonds. The number of nitrogens with one attached hydrogen (secondary N) is 1.